The number of nitrogens with zero attached hydrogens (tertiary/aromatic N) is 4. The SMILES string of the molecule is O=c1ccc(-c2cnc(NC3CC3)nc2)nn1Cc1ccc(Cl)cc1. The van der Waals surface area contributed by atoms with Crippen LogP contribution in [0, 0.1) is 0 Å². The van der Waals surface area contributed by atoms with Crippen molar-refractivity contribution in [2.24, 2.45) is 0 Å². The number of benzene rings is 1. The first-order chi connectivity index (χ1) is 12.2. The Kier molecular flexibility index (Phi) is 4.19. The number of anilines is 1. The second-order valence-electron chi connectivity index (χ2n) is 6.05. The molecule has 1 aliphatic rings. The molecule has 25 heavy (non-hydrogen) atoms. The Morgan fingerprint density at radius 2 is 1.80 bits per heavy atom. The van der Waals surface area contributed by atoms with E-state index in [1.165, 1.54) is 23.6 Å². The van der Waals surface area contributed by atoms with Crippen LogP contribution in [0.5, 0.6) is 0 Å². The summed E-state index contributed by atoms with van der Waals surface area (Å²) in [6, 6.07) is 11.1. The van der Waals surface area contributed by atoms with Crippen LogP contribution in [0.15, 0.2) is 53.6 Å². The minimum Gasteiger partial charge on any atom is -0.351 e. The lowest BCUT2D eigenvalue weighted by Gasteiger charge is -2.08. The van der Waals surface area contributed by atoms with Crippen LogP contribution in [0.4, 0.5) is 5.95 Å². The van der Waals surface area contributed by atoms with Gasteiger partial charge in [0.1, 0.15) is 0 Å². The standard InChI is InChI=1S/C18H16ClN5O/c19-14-3-1-12(2-4-14)11-24-17(25)8-7-16(23-24)13-9-20-18(21-10-13)22-15-5-6-15/h1-4,7-10,15H,5-6,11H2,(H,20,21,22). The van der Waals surface area contributed by atoms with Crippen molar-refractivity contribution in [3.8, 4) is 11.3 Å². The lowest BCUT2D eigenvalue weighted by atomic mass is 10.2. The molecule has 7 heteroatoms. The lowest BCUT2D eigenvalue weighted by molar-refractivity contribution is 0.642. The average Bonchev–Trinajstić information content (AvgIpc) is 3.44. The fourth-order valence-corrected chi connectivity index (χ4v) is 2.55. The second kappa shape index (κ2) is 6.64. The van der Waals surface area contributed by atoms with Gasteiger partial charge in [0, 0.05) is 35.1 Å². The van der Waals surface area contributed by atoms with Gasteiger partial charge in [-0.2, -0.15) is 5.10 Å². The predicted molar refractivity (Wildman–Crippen MR) is 96.7 cm³/mol. The molecule has 0 radical (unpaired) electrons. The topological polar surface area (TPSA) is 72.7 Å². The zero-order valence-electron chi connectivity index (χ0n) is 13.4. The summed E-state index contributed by atoms with van der Waals surface area (Å²) >= 11 is 5.90. The number of hydrogen-bond donors (Lipinski definition) is 1. The maximum Gasteiger partial charge on any atom is 0.267 e. The first-order valence-electron chi connectivity index (χ1n) is 8.09. The minimum absolute atomic E-state index is 0.161. The van der Waals surface area contributed by atoms with E-state index in [2.05, 4.69) is 20.4 Å². The summed E-state index contributed by atoms with van der Waals surface area (Å²) in [6.07, 6.45) is 5.78. The third kappa shape index (κ3) is 3.85. The summed E-state index contributed by atoms with van der Waals surface area (Å²) in [5.74, 6) is 0.626. The van der Waals surface area contributed by atoms with Crippen LogP contribution < -0.4 is 10.9 Å². The molecule has 0 spiro atoms. The fourth-order valence-electron chi connectivity index (χ4n) is 2.42. The highest BCUT2D eigenvalue weighted by Gasteiger charge is 2.21. The zero-order valence-corrected chi connectivity index (χ0v) is 14.1. The van der Waals surface area contributed by atoms with Crippen molar-refractivity contribution in [2.75, 3.05) is 5.32 Å². The van der Waals surface area contributed by atoms with E-state index < -0.39 is 0 Å². The number of halogens is 1. The molecule has 2 heterocycles. The number of rotatable bonds is 5. The summed E-state index contributed by atoms with van der Waals surface area (Å²) < 4.78 is 1.43. The van der Waals surface area contributed by atoms with Gasteiger partial charge in [0.25, 0.3) is 5.56 Å². The Balaban J connectivity index is 1.57. The van der Waals surface area contributed by atoms with E-state index in [4.69, 9.17) is 11.6 Å². The van der Waals surface area contributed by atoms with Crippen molar-refractivity contribution in [2.45, 2.75) is 25.4 Å². The van der Waals surface area contributed by atoms with Crippen LogP contribution in [0.2, 0.25) is 5.02 Å². The maximum absolute atomic E-state index is 12.1. The molecule has 0 amide bonds. The zero-order chi connectivity index (χ0) is 17.2. The largest absolute Gasteiger partial charge is 0.351 e. The molecule has 1 saturated carbocycles. The van der Waals surface area contributed by atoms with Crippen molar-refractivity contribution in [3.63, 3.8) is 0 Å². The predicted octanol–water partition coefficient (Wildman–Crippen LogP) is 2.98. The van der Waals surface area contributed by atoms with Gasteiger partial charge in [-0.25, -0.2) is 14.6 Å². The highest BCUT2D eigenvalue weighted by molar-refractivity contribution is 6.30. The van der Waals surface area contributed by atoms with Gasteiger partial charge in [-0.1, -0.05) is 23.7 Å². The molecule has 3 aromatic rings. The second-order valence-corrected chi connectivity index (χ2v) is 6.49. The molecule has 1 aromatic carbocycles. The quantitative estimate of drug-likeness (QED) is 0.763. The first-order valence-corrected chi connectivity index (χ1v) is 8.47. The molecular formula is C18H16ClN5O. The Hall–Kier alpha value is -2.73. The monoisotopic (exact) mass is 353 g/mol. The molecule has 0 atom stereocenters. The highest BCUT2D eigenvalue weighted by atomic mass is 35.5. The smallest absolute Gasteiger partial charge is 0.267 e. The Morgan fingerprint density at radius 1 is 1.08 bits per heavy atom. The summed E-state index contributed by atoms with van der Waals surface area (Å²) in [5, 5.41) is 8.34. The van der Waals surface area contributed by atoms with E-state index in [-0.39, 0.29) is 5.56 Å². The molecule has 0 bridgehead atoms. The van der Waals surface area contributed by atoms with E-state index >= 15 is 0 Å². The van der Waals surface area contributed by atoms with Gasteiger partial charge < -0.3 is 5.32 Å². The lowest BCUT2D eigenvalue weighted by Crippen LogP contribution is -2.22. The van der Waals surface area contributed by atoms with Crippen LogP contribution >= 0.6 is 11.6 Å². The Morgan fingerprint density at radius 3 is 2.48 bits per heavy atom. The van der Waals surface area contributed by atoms with Gasteiger partial charge in [0.2, 0.25) is 5.95 Å². The molecule has 2 aromatic heterocycles. The van der Waals surface area contributed by atoms with Gasteiger partial charge in [-0.05, 0) is 36.6 Å². The van der Waals surface area contributed by atoms with Crippen molar-refractivity contribution < 1.29 is 0 Å². The molecule has 1 aliphatic carbocycles. The molecule has 1 N–H and O–H groups in total. The Bertz CT molecular complexity index is 933. The van der Waals surface area contributed by atoms with E-state index in [9.17, 15) is 4.79 Å². The summed E-state index contributed by atoms with van der Waals surface area (Å²) in [6.45, 7) is 0.381. The third-order valence-corrected chi connectivity index (χ3v) is 4.22. The summed E-state index contributed by atoms with van der Waals surface area (Å²) in [5.41, 5.74) is 2.22. The van der Waals surface area contributed by atoms with Gasteiger partial charge in [0.15, 0.2) is 0 Å². The maximum atomic E-state index is 12.1. The van der Waals surface area contributed by atoms with E-state index in [0.717, 1.165) is 11.1 Å². The molecule has 0 saturated heterocycles. The summed E-state index contributed by atoms with van der Waals surface area (Å²) in [7, 11) is 0. The molecule has 4 rings (SSSR count). The van der Waals surface area contributed by atoms with Crippen LogP contribution in [-0.2, 0) is 6.54 Å². The van der Waals surface area contributed by atoms with Gasteiger partial charge in [-0.15, -0.1) is 0 Å². The third-order valence-electron chi connectivity index (χ3n) is 3.97. The van der Waals surface area contributed by atoms with Gasteiger partial charge in [0.05, 0.1) is 12.2 Å². The molecule has 6 nitrogen and oxygen atoms in total. The van der Waals surface area contributed by atoms with Crippen LogP contribution in [0.25, 0.3) is 11.3 Å². The Labute approximate surface area is 149 Å². The average molecular weight is 354 g/mol. The summed E-state index contributed by atoms with van der Waals surface area (Å²) in [4.78, 5) is 20.7. The van der Waals surface area contributed by atoms with E-state index in [1.807, 2.05) is 12.1 Å². The van der Waals surface area contributed by atoms with E-state index in [1.54, 1.807) is 30.6 Å². The minimum atomic E-state index is -0.161. The fraction of sp³-hybridized carbons (Fsp3) is 0.222. The van der Waals surface area contributed by atoms with Crippen LogP contribution in [0.3, 0.4) is 0 Å². The molecule has 126 valence electrons. The van der Waals surface area contributed by atoms with E-state index in [0.29, 0.717) is 29.3 Å². The molecule has 1 fully saturated rings. The first kappa shape index (κ1) is 15.8. The van der Waals surface area contributed by atoms with Crippen molar-refractivity contribution in [1.82, 2.24) is 19.7 Å². The van der Waals surface area contributed by atoms with Crippen molar-refractivity contribution >= 4 is 17.5 Å². The molecule has 0 aliphatic heterocycles. The van der Waals surface area contributed by atoms with Crippen LogP contribution in [-0.4, -0.2) is 25.8 Å². The van der Waals surface area contributed by atoms with Crippen molar-refractivity contribution in [3.05, 3.63) is 69.7 Å². The highest BCUT2D eigenvalue weighted by Crippen LogP contribution is 2.23. The van der Waals surface area contributed by atoms with Crippen molar-refractivity contribution in [1.29, 1.82) is 0 Å². The molecule has 0 unspecified atom stereocenters. The molecular weight excluding hydrogens is 338 g/mol. The number of aromatic nitrogens is 4. The van der Waals surface area contributed by atoms with Gasteiger partial charge in [-0.3, -0.25) is 4.79 Å². The normalized spacial score (nSPS) is 13.6. The van der Waals surface area contributed by atoms with Gasteiger partial charge >= 0.3 is 0 Å². The number of nitrogens with one attached hydrogen (secondary N) is 1. The van der Waals surface area contributed by atoms with Crippen LogP contribution in [0.1, 0.15) is 18.4 Å². The number of hydrogen-bond acceptors (Lipinski definition) is 5.